The van der Waals surface area contributed by atoms with Crippen LogP contribution in [0.15, 0.2) is 0 Å². The van der Waals surface area contributed by atoms with E-state index < -0.39 is 49.6 Å². The molecular formula is C9H16O9. The van der Waals surface area contributed by atoms with Gasteiger partial charge in [-0.3, -0.25) is 9.59 Å². The minimum Gasteiger partial charge on any atom is -0.481 e. The summed E-state index contributed by atoms with van der Waals surface area (Å²) in [5.74, 6) is -8.15. The standard InChI is InChI=1S/C9H16O9/c10-6(11)3-5-9(16,17)18-7(12)2-1-4-8(13,14)15/h13-17H,1-5H2,(H,10,11). The molecule has 0 aliphatic carbocycles. The highest BCUT2D eigenvalue weighted by Gasteiger charge is 2.29. The third-order valence-electron chi connectivity index (χ3n) is 1.83. The van der Waals surface area contributed by atoms with E-state index in [2.05, 4.69) is 4.74 Å². The van der Waals surface area contributed by atoms with Gasteiger partial charge in [-0.05, 0) is 6.42 Å². The van der Waals surface area contributed by atoms with E-state index in [1.807, 2.05) is 0 Å². The Morgan fingerprint density at radius 1 is 0.944 bits per heavy atom. The summed E-state index contributed by atoms with van der Waals surface area (Å²) < 4.78 is 4.17. The van der Waals surface area contributed by atoms with Crippen LogP contribution in [0.3, 0.4) is 0 Å². The SMILES string of the molecule is O=C(O)CCC(O)(O)OC(=O)CCCC(O)(O)O. The fourth-order valence-corrected chi connectivity index (χ4v) is 1.02. The molecule has 0 bridgehead atoms. The second kappa shape index (κ2) is 6.61. The second-order valence-electron chi connectivity index (χ2n) is 3.74. The van der Waals surface area contributed by atoms with E-state index in [-0.39, 0.29) is 6.42 Å². The van der Waals surface area contributed by atoms with Gasteiger partial charge in [0.25, 0.3) is 5.97 Å². The van der Waals surface area contributed by atoms with Crippen LogP contribution in [0.1, 0.15) is 32.1 Å². The summed E-state index contributed by atoms with van der Waals surface area (Å²) in [4.78, 5) is 21.2. The molecule has 0 aromatic carbocycles. The first-order valence-corrected chi connectivity index (χ1v) is 5.07. The number of esters is 1. The molecule has 0 radical (unpaired) electrons. The van der Waals surface area contributed by atoms with Crippen molar-refractivity contribution in [3.05, 3.63) is 0 Å². The van der Waals surface area contributed by atoms with Crippen molar-refractivity contribution in [1.29, 1.82) is 0 Å². The minimum atomic E-state index is -2.90. The molecule has 9 nitrogen and oxygen atoms in total. The lowest BCUT2D eigenvalue weighted by atomic mass is 10.2. The number of carbonyl (C=O) groups is 2. The summed E-state index contributed by atoms with van der Waals surface area (Å²) in [5.41, 5.74) is 0. The van der Waals surface area contributed by atoms with Gasteiger partial charge in [0.15, 0.2) is 0 Å². The quantitative estimate of drug-likeness (QED) is 0.212. The first-order chi connectivity index (χ1) is 8.02. The Kier molecular flexibility index (Phi) is 6.15. The predicted molar refractivity (Wildman–Crippen MR) is 53.4 cm³/mol. The number of carbonyl (C=O) groups excluding carboxylic acids is 1. The van der Waals surface area contributed by atoms with Crippen LogP contribution in [0.2, 0.25) is 0 Å². The number of ether oxygens (including phenoxy) is 1. The molecule has 0 saturated carbocycles. The molecule has 106 valence electrons. The molecule has 0 spiro atoms. The van der Waals surface area contributed by atoms with Crippen molar-refractivity contribution in [1.82, 2.24) is 0 Å². The van der Waals surface area contributed by atoms with Crippen LogP contribution in [-0.4, -0.2) is 54.5 Å². The van der Waals surface area contributed by atoms with Crippen LogP contribution in [0.4, 0.5) is 0 Å². The predicted octanol–water partition coefficient (Wildman–Crippen LogP) is -2.17. The van der Waals surface area contributed by atoms with Crippen molar-refractivity contribution in [2.45, 2.75) is 44.1 Å². The Morgan fingerprint density at radius 2 is 1.50 bits per heavy atom. The molecule has 6 N–H and O–H groups in total. The van der Waals surface area contributed by atoms with Gasteiger partial charge in [-0.2, -0.15) is 0 Å². The highest BCUT2D eigenvalue weighted by Crippen LogP contribution is 2.14. The van der Waals surface area contributed by atoms with Crippen LogP contribution in [0, 0.1) is 0 Å². The average Bonchev–Trinajstić information content (AvgIpc) is 2.12. The molecule has 0 aliphatic rings. The van der Waals surface area contributed by atoms with Gasteiger partial charge in [-0.15, -0.1) is 0 Å². The Morgan fingerprint density at radius 3 is 1.94 bits per heavy atom. The number of carboxylic acids is 1. The zero-order chi connectivity index (χ0) is 14.4. The van der Waals surface area contributed by atoms with E-state index in [1.54, 1.807) is 0 Å². The van der Waals surface area contributed by atoms with Crippen molar-refractivity contribution in [2.75, 3.05) is 0 Å². The van der Waals surface area contributed by atoms with Gasteiger partial charge < -0.3 is 35.4 Å². The topological polar surface area (TPSA) is 165 Å². The van der Waals surface area contributed by atoms with Gasteiger partial charge in [0.2, 0.25) is 0 Å². The molecule has 0 aliphatic heterocycles. The maximum absolute atomic E-state index is 11.1. The van der Waals surface area contributed by atoms with Crippen LogP contribution < -0.4 is 0 Å². The Balaban J connectivity index is 3.95. The lowest BCUT2D eigenvalue weighted by Crippen LogP contribution is -2.35. The lowest BCUT2D eigenvalue weighted by molar-refractivity contribution is -0.323. The summed E-state index contributed by atoms with van der Waals surface area (Å²) in [6.07, 6.45) is -2.40. The van der Waals surface area contributed by atoms with E-state index in [9.17, 15) is 9.59 Å². The second-order valence-corrected chi connectivity index (χ2v) is 3.74. The van der Waals surface area contributed by atoms with Crippen molar-refractivity contribution in [3.63, 3.8) is 0 Å². The lowest BCUT2D eigenvalue weighted by Gasteiger charge is -2.20. The summed E-state index contributed by atoms with van der Waals surface area (Å²) in [5, 5.41) is 52.0. The van der Waals surface area contributed by atoms with Gasteiger partial charge in [-0.25, -0.2) is 0 Å². The van der Waals surface area contributed by atoms with E-state index in [4.69, 9.17) is 30.6 Å². The first-order valence-electron chi connectivity index (χ1n) is 5.07. The smallest absolute Gasteiger partial charge is 0.324 e. The van der Waals surface area contributed by atoms with E-state index in [0.29, 0.717) is 0 Å². The molecule has 0 heterocycles. The first kappa shape index (κ1) is 16.7. The molecule has 18 heavy (non-hydrogen) atoms. The Bertz CT molecular complexity index is 291. The number of hydrogen-bond acceptors (Lipinski definition) is 8. The number of aliphatic carboxylic acids is 1. The van der Waals surface area contributed by atoms with Crippen molar-refractivity contribution in [2.24, 2.45) is 0 Å². The number of carboxylic acid groups (broad SMARTS) is 1. The maximum Gasteiger partial charge on any atom is 0.324 e. The molecule has 0 rings (SSSR count). The fraction of sp³-hybridized carbons (Fsp3) is 0.778. The molecular weight excluding hydrogens is 252 g/mol. The number of rotatable bonds is 8. The molecule has 0 aromatic heterocycles. The molecule has 0 amide bonds. The third-order valence-corrected chi connectivity index (χ3v) is 1.83. The van der Waals surface area contributed by atoms with Crippen LogP contribution in [0.5, 0.6) is 0 Å². The van der Waals surface area contributed by atoms with Crippen LogP contribution in [-0.2, 0) is 14.3 Å². The summed E-state index contributed by atoms with van der Waals surface area (Å²) in [7, 11) is 0. The van der Waals surface area contributed by atoms with Crippen molar-refractivity contribution >= 4 is 11.9 Å². The third kappa shape index (κ3) is 9.93. The molecule has 0 fully saturated rings. The fourth-order valence-electron chi connectivity index (χ4n) is 1.02. The van der Waals surface area contributed by atoms with E-state index >= 15 is 0 Å². The number of aliphatic hydroxyl groups is 5. The van der Waals surface area contributed by atoms with Gasteiger partial charge in [-0.1, -0.05) is 0 Å². The largest absolute Gasteiger partial charge is 0.481 e. The highest BCUT2D eigenvalue weighted by molar-refractivity contribution is 5.70. The zero-order valence-corrected chi connectivity index (χ0v) is 9.44. The minimum absolute atomic E-state index is 0.169. The van der Waals surface area contributed by atoms with Crippen molar-refractivity contribution < 1.29 is 45.0 Å². The molecule has 0 unspecified atom stereocenters. The number of hydrogen-bond donors (Lipinski definition) is 6. The molecule has 0 aromatic rings. The Hall–Kier alpha value is -1.26. The maximum atomic E-state index is 11.1. The summed E-state index contributed by atoms with van der Waals surface area (Å²) in [6, 6.07) is 0. The van der Waals surface area contributed by atoms with Gasteiger partial charge in [0.1, 0.15) is 0 Å². The molecule has 0 atom stereocenters. The van der Waals surface area contributed by atoms with Gasteiger partial charge in [0.05, 0.1) is 12.8 Å². The van der Waals surface area contributed by atoms with Gasteiger partial charge in [0, 0.05) is 12.8 Å². The molecule has 0 saturated heterocycles. The normalized spacial score (nSPS) is 12.3. The van der Waals surface area contributed by atoms with Crippen LogP contribution in [0.25, 0.3) is 0 Å². The summed E-state index contributed by atoms with van der Waals surface area (Å²) >= 11 is 0. The van der Waals surface area contributed by atoms with E-state index in [1.165, 1.54) is 0 Å². The van der Waals surface area contributed by atoms with Crippen LogP contribution >= 0.6 is 0 Å². The summed E-state index contributed by atoms with van der Waals surface area (Å²) in [6.45, 7) is 0. The van der Waals surface area contributed by atoms with Crippen molar-refractivity contribution in [3.8, 4) is 0 Å². The highest BCUT2D eigenvalue weighted by atomic mass is 16.8. The van der Waals surface area contributed by atoms with Gasteiger partial charge >= 0.3 is 17.9 Å². The average molecular weight is 268 g/mol. The molecule has 9 heteroatoms. The zero-order valence-electron chi connectivity index (χ0n) is 9.44. The monoisotopic (exact) mass is 268 g/mol. The van der Waals surface area contributed by atoms with E-state index in [0.717, 1.165) is 0 Å². The Labute approximate surface area is 102 Å².